The fraction of sp³-hybridized carbons (Fsp3) is 0.692. The van der Waals surface area contributed by atoms with Crippen molar-refractivity contribution in [2.45, 2.75) is 58.8 Å². The molecule has 0 nitrogen and oxygen atoms in total. The molecule has 0 atom stereocenters. The molecule has 0 unspecified atom stereocenters. The van der Waals surface area contributed by atoms with E-state index in [1.807, 2.05) is 12.2 Å². The van der Waals surface area contributed by atoms with Gasteiger partial charge in [-0.2, -0.15) is 0 Å². The summed E-state index contributed by atoms with van der Waals surface area (Å²) in [7, 11) is 0. The first kappa shape index (κ1) is 15.0. The molecular weight excluding hydrogens is 156 g/mol. The Balaban J connectivity index is 0. The lowest BCUT2D eigenvalue weighted by atomic mass is 10.2. The van der Waals surface area contributed by atoms with Gasteiger partial charge in [-0.15, -0.1) is 13.2 Å². The average Bonchev–Trinajstić information content (AvgIpc) is 2.17. The topological polar surface area (TPSA) is 0 Å². The van der Waals surface area contributed by atoms with Crippen molar-refractivity contribution < 1.29 is 0 Å². The van der Waals surface area contributed by atoms with E-state index in [0.717, 1.165) is 0 Å². The second-order valence-electron chi connectivity index (χ2n) is 3.22. The second kappa shape index (κ2) is 17.5. The quantitative estimate of drug-likeness (QED) is 0.379. The molecule has 0 aromatic rings. The van der Waals surface area contributed by atoms with Crippen LogP contribution in [-0.2, 0) is 0 Å². The minimum absolute atomic E-state index is 1.18. The molecule has 0 rings (SSSR count). The molecule has 13 heavy (non-hydrogen) atoms. The van der Waals surface area contributed by atoms with Crippen molar-refractivity contribution in [3.05, 3.63) is 25.3 Å². The Kier molecular flexibility index (Phi) is 20.2. The molecule has 0 aromatic carbocycles. The Bertz CT molecular complexity index is 92.2. The molecule has 0 aliphatic rings. The lowest BCUT2D eigenvalue weighted by Gasteiger charge is -1.87. The monoisotopic (exact) mass is 182 g/mol. The van der Waals surface area contributed by atoms with Gasteiger partial charge in [0.2, 0.25) is 0 Å². The van der Waals surface area contributed by atoms with Crippen molar-refractivity contribution in [3.8, 4) is 0 Å². The summed E-state index contributed by atoms with van der Waals surface area (Å²) >= 11 is 0. The summed E-state index contributed by atoms with van der Waals surface area (Å²) in [5, 5.41) is 0. The van der Waals surface area contributed by atoms with Crippen LogP contribution in [0.15, 0.2) is 25.3 Å². The third-order valence-corrected chi connectivity index (χ3v) is 1.77. The van der Waals surface area contributed by atoms with E-state index in [0.29, 0.717) is 0 Å². The summed E-state index contributed by atoms with van der Waals surface area (Å²) in [5.41, 5.74) is 0. The first-order valence-electron chi connectivity index (χ1n) is 5.55. The maximum absolute atomic E-state index is 3.63. The van der Waals surface area contributed by atoms with Crippen molar-refractivity contribution >= 4 is 0 Å². The van der Waals surface area contributed by atoms with Crippen LogP contribution in [-0.4, -0.2) is 0 Å². The normalized spacial score (nSPS) is 8.46. The van der Waals surface area contributed by atoms with E-state index in [4.69, 9.17) is 0 Å². The molecule has 0 fully saturated rings. The molecule has 0 N–H and O–H groups in total. The fourth-order valence-corrected chi connectivity index (χ4v) is 0.887. The lowest BCUT2D eigenvalue weighted by molar-refractivity contribution is 0.730. The summed E-state index contributed by atoms with van der Waals surface area (Å²) in [6.45, 7) is 11.6. The zero-order valence-electron chi connectivity index (χ0n) is 9.52. The number of allylic oxidation sites excluding steroid dienone is 2. The van der Waals surface area contributed by atoms with E-state index < -0.39 is 0 Å². The molecule has 0 heteroatoms. The van der Waals surface area contributed by atoms with Gasteiger partial charge in [0.05, 0.1) is 0 Å². The number of hydrogen-bond donors (Lipinski definition) is 0. The summed E-state index contributed by atoms with van der Waals surface area (Å²) in [6.07, 6.45) is 12.9. The van der Waals surface area contributed by atoms with Crippen LogP contribution < -0.4 is 0 Å². The number of unbranched alkanes of at least 4 members (excludes halogenated alkanes) is 5. The fourth-order valence-electron chi connectivity index (χ4n) is 0.887. The highest BCUT2D eigenvalue weighted by Gasteiger charge is 1.77. The molecule has 78 valence electrons. The molecular formula is C13H26. The maximum atomic E-state index is 3.63. The van der Waals surface area contributed by atoms with Crippen molar-refractivity contribution in [2.24, 2.45) is 0 Å². The minimum atomic E-state index is 1.18. The molecule has 0 radical (unpaired) electrons. The second-order valence-corrected chi connectivity index (χ2v) is 3.22. The van der Waals surface area contributed by atoms with Gasteiger partial charge in [-0.25, -0.2) is 0 Å². The van der Waals surface area contributed by atoms with Crippen molar-refractivity contribution in [2.75, 3.05) is 0 Å². The largest absolute Gasteiger partial charge is 0.103 e. The van der Waals surface area contributed by atoms with Crippen LogP contribution in [0.4, 0.5) is 0 Å². The molecule has 0 saturated heterocycles. The van der Waals surface area contributed by atoms with Crippen molar-refractivity contribution in [1.29, 1.82) is 0 Å². The van der Waals surface area contributed by atoms with Crippen LogP contribution in [0.3, 0.4) is 0 Å². The van der Waals surface area contributed by atoms with Gasteiger partial charge in [-0.3, -0.25) is 0 Å². The van der Waals surface area contributed by atoms with E-state index in [1.165, 1.54) is 44.9 Å². The Morgan fingerprint density at radius 2 is 1.23 bits per heavy atom. The van der Waals surface area contributed by atoms with E-state index in [9.17, 15) is 0 Å². The molecule has 0 spiro atoms. The first-order chi connectivity index (χ1) is 6.33. The maximum Gasteiger partial charge on any atom is -0.0353 e. The molecule has 0 aliphatic carbocycles. The van der Waals surface area contributed by atoms with Gasteiger partial charge < -0.3 is 0 Å². The Hall–Kier alpha value is -0.520. The Morgan fingerprint density at radius 1 is 0.769 bits per heavy atom. The van der Waals surface area contributed by atoms with E-state index in [2.05, 4.69) is 27.0 Å². The van der Waals surface area contributed by atoms with Crippen molar-refractivity contribution in [3.63, 3.8) is 0 Å². The molecule has 0 saturated carbocycles. The molecule has 0 heterocycles. The highest BCUT2D eigenvalue weighted by molar-refractivity contribution is 4.65. The summed E-state index contributed by atoms with van der Waals surface area (Å²) in [4.78, 5) is 0. The number of rotatable bonds is 7. The van der Waals surface area contributed by atoms with E-state index in [-0.39, 0.29) is 0 Å². The zero-order chi connectivity index (χ0) is 10.4. The predicted molar refractivity (Wildman–Crippen MR) is 64.1 cm³/mol. The first-order valence-corrected chi connectivity index (χ1v) is 5.55. The molecule has 0 aromatic heterocycles. The van der Waals surface area contributed by atoms with Crippen molar-refractivity contribution in [1.82, 2.24) is 0 Å². The van der Waals surface area contributed by atoms with E-state index >= 15 is 0 Å². The van der Waals surface area contributed by atoms with Gasteiger partial charge in [0.1, 0.15) is 0 Å². The van der Waals surface area contributed by atoms with Crippen LogP contribution in [0.25, 0.3) is 0 Å². The van der Waals surface area contributed by atoms with Crippen LogP contribution in [0.5, 0.6) is 0 Å². The zero-order valence-corrected chi connectivity index (χ0v) is 9.52. The third-order valence-electron chi connectivity index (χ3n) is 1.77. The predicted octanol–water partition coefficient (Wildman–Crippen LogP) is 5.12. The van der Waals surface area contributed by atoms with Gasteiger partial charge >= 0.3 is 0 Å². The van der Waals surface area contributed by atoms with Gasteiger partial charge in [-0.1, -0.05) is 51.7 Å². The molecule has 0 bridgehead atoms. The van der Waals surface area contributed by atoms with Crippen LogP contribution in [0.1, 0.15) is 58.8 Å². The standard InChI is InChI=1S/C7H14.C6H12/c1-3-5-7-6-4-2;1-3-5-6-4-2/h3H,1,4-7H2,2H3;3H,1,4-6H2,2H3. The van der Waals surface area contributed by atoms with Gasteiger partial charge in [0.25, 0.3) is 0 Å². The smallest absolute Gasteiger partial charge is 0.0353 e. The van der Waals surface area contributed by atoms with Crippen LogP contribution >= 0.6 is 0 Å². The molecule has 0 aliphatic heterocycles. The van der Waals surface area contributed by atoms with Crippen LogP contribution in [0.2, 0.25) is 0 Å². The lowest BCUT2D eigenvalue weighted by Crippen LogP contribution is -1.67. The van der Waals surface area contributed by atoms with Crippen LogP contribution in [0, 0.1) is 0 Å². The Morgan fingerprint density at radius 3 is 1.54 bits per heavy atom. The highest BCUT2D eigenvalue weighted by Crippen LogP contribution is 1.97. The summed E-state index contributed by atoms with van der Waals surface area (Å²) in [6, 6.07) is 0. The number of hydrogen-bond acceptors (Lipinski definition) is 0. The Labute approximate surface area is 84.7 Å². The van der Waals surface area contributed by atoms with Gasteiger partial charge in [-0.05, 0) is 19.3 Å². The third kappa shape index (κ3) is 24.6. The van der Waals surface area contributed by atoms with Gasteiger partial charge in [0, 0.05) is 0 Å². The van der Waals surface area contributed by atoms with Gasteiger partial charge in [0.15, 0.2) is 0 Å². The van der Waals surface area contributed by atoms with E-state index in [1.54, 1.807) is 0 Å². The summed E-state index contributed by atoms with van der Waals surface area (Å²) < 4.78 is 0. The minimum Gasteiger partial charge on any atom is -0.103 e. The average molecular weight is 182 g/mol. The SMILES string of the molecule is C=CCCCC.C=CCCCCC. The molecule has 0 amide bonds. The highest BCUT2D eigenvalue weighted by atomic mass is 13.8. The summed E-state index contributed by atoms with van der Waals surface area (Å²) in [5.74, 6) is 0.